The second kappa shape index (κ2) is 39.8. The third kappa shape index (κ3) is 19.7. The van der Waals surface area contributed by atoms with Crippen molar-refractivity contribution in [3.05, 3.63) is 306 Å². The van der Waals surface area contributed by atoms with E-state index >= 15 is 0 Å². The molecule has 20 rings (SSSR count). The average molecular weight is 1680 g/mol. The summed E-state index contributed by atoms with van der Waals surface area (Å²) in [6, 6.07) is 80.0. The lowest BCUT2D eigenvalue weighted by Crippen LogP contribution is -2.43. The number of amides is 5. The van der Waals surface area contributed by atoms with Crippen molar-refractivity contribution >= 4 is 84.3 Å². The summed E-state index contributed by atoms with van der Waals surface area (Å²) >= 11 is 0. The van der Waals surface area contributed by atoms with Crippen LogP contribution in [0.15, 0.2) is 262 Å². The Balaban J connectivity index is 0.000000116. The number of aryl methyl sites for hydroxylation is 1. The molecular formula is C100H107N21O5. The van der Waals surface area contributed by atoms with Gasteiger partial charge in [-0.2, -0.15) is 20.6 Å². The monoisotopic (exact) mass is 1680 g/mol. The number of rotatable bonds is 16. The Labute approximate surface area is 733 Å². The lowest BCUT2D eigenvalue weighted by atomic mass is 10.0. The number of nitrogens with one attached hydrogen (secondary N) is 5. The first-order chi connectivity index (χ1) is 61.5. The van der Waals surface area contributed by atoms with E-state index in [2.05, 4.69) is 68.6 Å². The topological polar surface area (TPSA) is 275 Å². The summed E-state index contributed by atoms with van der Waals surface area (Å²) in [4.78, 5) is 81.7. The van der Waals surface area contributed by atoms with Crippen LogP contribution in [-0.4, -0.2) is 233 Å². The van der Waals surface area contributed by atoms with Gasteiger partial charge in [-0.3, -0.25) is 28.5 Å². The quantitative estimate of drug-likeness (QED) is 0.0601. The van der Waals surface area contributed by atoms with Gasteiger partial charge in [0.15, 0.2) is 0 Å². The van der Waals surface area contributed by atoms with Crippen molar-refractivity contribution in [2.75, 3.05) is 101 Å². The van der Waals surface area contributed by atoms with E-state index in [0.717, 1.165) is 217 Å². The maximum absolute atomic E-state index is 12.7. The number of hydrogen-bond donors (Lipinski definition) is 5. The maximum Gasteiger partial charge on any atom is 0.253 e. The van der Waals surface area contributed by atoms with E-state index in [9.17, 15) is 24.0 Å². The number of likely N-dealkylation sites (N-methyl/N-ethyl adjacent to an activating group) is 3. The molecule has 0 aliphatic carbocycles. The van der Waals surface area contributed by atoms with E-state index in [0.29, 0.717) is 34.3 Å². The number of carbonyl (C=O) groups is 5. The molecule has 3 atom stereocenters. The van der Waals surface area contributed by atoms with Gasteiger partial charge in [-0.1, -0.05) is 78.9 Å². The van der Waals surface area contributed by atoms with Gasteiger partial charge in [0.25, 0.3) is 29.5 Å². The van der Waals surface area contributed by atoms with Crippen molar-refractivity contribution < 1.29 is 24.0 Å². The van der Waals surface area contributed by atoms with Crippen molar-refractivity contribution in [1.82, 2.24) is 99.5 Å². The molecule has 10 aromatic carbocycles. The van der Waals surface area contributed by atoms with Gasteiger partial charge in [-0.15, -0.1) is 0 Å². The molecule has 0 unspecified atom stereocenters. The summed E-state index contributed by atoms with van der Waals surface area (Å²) < 4.78 is 9.77. The predicted octanol–water partition coefficient (Wildman–Crippen LogP) is 13.3. The average Bonchev–Trinajstić information content (AvgIpc) is 1.59. The first-order valence-corrected chi connectivity index (χ1v) is 43.5. The lowest BCUT2D eigenvalue weighted by Gasteiger charge is -2.31. The third-order valence-corrected chi connectivity index (χ3v) is 24.9. The van der Waals surface area contributed by atoms with Crippen LogP contribution >= 0.6 is 0 Å². The zero-order valence-electron chi connectivity index (χ0n) is 72.1. The molecule has 0 saturated carbocycles. The molecule has 5 aliphatic rings. The molecule has 26 nitrogen and oxygen atoms in total. The molecule has 126 heavy (non-hydrogen) atoms. The van der Waals surface area contributed by atoms with Crippen LogP contribution in [-0.2, 0) is 6.54 Å². The minimum Gasteiger partial charge on any atom is -0.339 e. The largest absolute Gasteiger partial charge is 0.339 e. The Morgan fingerprint density at radius 3 is 1.19 bits per heavy atom. The summed E-state index contributed by atoms with van der Waals surface area (Å²) in [5, 5.41) is 42.6. The summed E-state index contributed by atoms with van der Waals surface area (Å²) in [6.45, 7) is 12.1. The third-order valence-electron chi connectivity index (χ3n) is 24.9. The van der Waals surface area contributed by atoms with E-state index in [1.807, 2.05) is 329 Å². The molecule has 0 radical (unpaired) electrons. The second-order valence-electron chi connectivity index (χ2n) is 32.9. The van der Waals surface area contributed by atoms with Crippen LogP contribution in [0.5, 0.6) is 0 Å². The summed E-state index contributed by atoms with van der Waals surface area (Å²) in [5.74, 6) is 1.22. The van der Waals surface area contributed by atoms with Crippen molar-refractivity contribution in [3.63, 3.8) is 0 Å². The zero-order valence-corrected chi connectivity index (χ0v) is 72.1. The SMILES string of the molecule is CN(C(=O)c1ccc(-n2cc3ccccc3n2)cc1)C1CCNCC1.CN(C(=O)c1ccc(-n2cc3ccccc3n2)cc1)[C@@H]1CCNC1.CN(C(=O)c1ccc(-n2ncc3ccccc32)cc1)[C@@H]1CCNC1.CN(C(=O)c1ccc(Cn2cnc3ccccc32)cc1)C1CCNCC1.Cc1nc2cc(C#N)ccc2n1-c1ccc(C(=O)N(C)[C@@H]2CCNC2)cc1. The molecule has 5 N–H and O–H groups in total. The summed E-state index contributed by atoms with van der Waals surface area (Å²) in [6.07, 6.45) is 14.8. The standard InChI is InChI=1S/C21H21N5O.C21H24N4O.C20H22N4O.2C19H20N4O/c1-14-24-19-11-15(12-22)3-8-20(19)26(14)17-6-4-16(5-7-17)21(27)25(2)18-9-10-23-13-18;1-24(18-10-12-22-13-11-18)21(26)17-8-6-16(7-9-17)14-25-15-23-19-4-2-3-5-20(19)25;1-23(17-10-12-21-13-11-17)20(25)15-6-8-18(9-7-15)24-14-16-4-2-3-5-19(16)22-24;1-22(17-10-11-20-12-17)19(24)14-6-8-16(9-7-14)23-13-15-4-2-3-5-18(15)21-23;1-22(17-10-11-20-13-17)19(24)14-6-8-16(9-7-14)23-18-5-3-2-4-15(18)12-21-23/h3-8,11,18,23H,9-10,13H2,1-2H3;2-9,15,18,22H,10-14H2,1H3;2-9,14,17,21H,10-13H2,1H3;2-9,13,17,20H,10-12H2,1H3;2-9,12,17,20H,10-11,13H2,1H3/t18-;;;2*17-/m1..11/s1. The minimum absolute atomic E-state index is 0.0427. The van der Waals surface area contributed by atoms with Crippen LogP contribution in [0.1, 0.15) is 114 Å². The Morgan fingerprint density at radius 2 is 0.762 bits per heavy atom. The van der Waals surface area contributed by atoms with Gasteiger partial charge < -0.3 is 55.7 Å². The van der Waals surface area contributed by atoms with Gasteiger partial charge in [-0.05, 0) is 261 Å². The first kappa shape index (κ1) is 85.7. The molecule has 10 heterocycles. The van der Waals surface area contributed by atoms with Gasteiger partial charge in [0.1, 0.15) is 5.82 Å². The number of benzene rings is 10. The van der Waals surface area contributed by atoms with Crippen molar-refractivity contribution in [1.29, 1.82) is 5.26 Å². The van der Waals surface area contributed by atoms with E-state index in [1.165, 1.54) is 0 Å². The highest BCUT2D eigenvalue weighted by Gasteiger charge is 2.30. The molecule has 5 aromatic heterocycles. The maximum atomic E-state index is 12.7. The fourth-order valence-electron chi connectivity index (χ4n) is 17.2. The van der Waals surface area contributed by atoms with Crippen molar-refractivity contribution in [2.45, 2.75) is 88.6 Å². The van der Waals surface area contributed by atoms with Gasteiger partial charge in [0.2, 0.25) is 0 Å². The van der Waals surface area contributed by atoms with Gasteiger partial charge in [0, 0.05) is 154 Å². The van der Waals surface area contributed by atoms with Gasteiger partial charge >= 0.3 is 0 Å². The number of imidazole rings is 2. The number of aromatic nitrogens is 10. The fraction of sp³-hybridized carbons (Fsp3) is 0.290. The number of carbonyl (C=O) groups excluding carboxylic acids is 5. The normalized spacial score (nSPS) is 16.3. The Morgan fingerprint density at radius 1 is 0.389 bits per heavy atom. The number of hydrogen-bond acceptors (Lipinski definition) is 16. The van der Waals surface area contributed by atoms with Crippen molar-refractivity contribution in [3.8, 4) is 28.8 Å². The summed E-state index contributed by atoms with van der Waals surface area (Å²) in [5.41, 5.74) is 16.0. The van der Waals surface area contributed by atoms with Crippen LogP contribution in [0, 0.1) is 18.3 Å². The van der Waals surface area contributed by atoms with Gasteiger partial charge in [-0.25, -0.2) is 24.0 Å². The minimum atomic E-state index is 0.0427. The second-order valence-corrected chi connectivity index (χ2v) is 32.9. The molecule has 0 bridgehead atoms. The summed E-state index contributed by atoms with van der Waals surface area (Å²) in [7, 11) is 9.47. The number of fused-ring (bicyclic) bond motifs is 5. The number of nitrogens with zero attached hydrogens (tertiary/aromatic N) is 16. The highest BCUT2D eigenvalue weighted by atomic mass is 16.2. The number of piperidine rings is 2. The molecule has 5 saturated heterocycles. The zero-order chi connectivity index (χ0) is 87.2. The molecule has 0 spiro atoms. The molecular weight excluding hydrogens is 1580 g/mol. The smallest absolute Gasteiger partial charge is 0.253 e. The highest BCUT2D eigenvalue weighted by Crippen LogP contribution is 2.28. The van der Waals surface area contributed by atoms with Crippen LogP contribution in [0.2, 0.25) is 0 Å². The number of nitriles is 1. The lowest BCUT2D eigenvalue weighted by molar-refractivity contribution is 0.0695. The highest BCUT2D eigenvalue weighted by molar-refractivity contribution is 5.97. The van der Waals surface area contributed by atoms with Crippen LogP contribution in [0.4, 0.5) is 0 Å². The van der Waals surface area contributed by atoms with E-state index < -0.39 is 0 Å². The first-order valence-electron chi connectivity index (χ1n) is 43.5. The van der Waals surface area contributed by atoms with E-state index in [1.54, 1.807) is 12.1 Å². The Hall–Kier alpha value is -13.8. The predicted molar refractivity (Wildman–Crippen MR) is 495 cm³/mol. The fourth-order valence-corrected chi connectivity index (χ4v) is 17.2. The molecule has 5 aliphatic heterocycles. The van der Waals surface area contributed by atoms with Crippen LogP contribution in [0.3, 0.4) is 0 Å². The van der Waals surface area contributed by atoms with E-state index in [4.69, 9.17) is 5.26 Å². The molecule has 15 aromatic rings. The molecule has 5 fully saturated rings. The molecule has 5 amide bonds. The van der Waals surface area contributed by atoms with E-state index in [-0.39, 0.29) is 47.7 Å². The number of para-hydroxylation sites is 3. The van der Waals surface area contributed by atoms with Crippen molar-refractivity contribution in [2.24, 2.45) is 0 Å². The molecule has 26 heteroatoms. The van der Waals surface area contributed by atoms with Gasteiger partial charge in [0.05, 0.1) is 79.8 Å². The molecule has 642 valence electrons. The Bertz CT molecular complexity index is 6240. The van der Waals surface area contributed by atoms with Crippen LogP contribution in [0.25, 0.3) is 77.5 Å². The van der Waals surface area contributed by atoms with Crippen LogP contribution < -0.4 is 26.6 Å². The Kier molecular flexibility index (Phi) is 27.1.